The first-order chi connectivity index (χ1) is 18.5. The zero-order valence-corrected chi connectivity index (χ0v) is 21.9. The molecule has 6 nitrogen and oxygen atoms in total. The van der Waals surface area contributed by atoms with E-state index >= 15 is 0 Å². The molecule has 0 bridgehead atoms. The molecule has 38 heavy (non-hydrogen) atoms. The van der Waals surface area contributed by atoms with Crippen LogP contribution in [0.3, 0.4) is 0 Å². The summed E-state index contributed by atoms with van der Waals surface area (Å²) < 4.78 is 22.7. The van der Waals surface area contributed by atoms with E-state index < -0.39 is 0 Å². The molecular formula is C30H20Cl2N2O4. The number of nitriles is 1. The quantitative estimate of drug-likeness (QED) is 0.192. The Labute approximate surface area is 229 Å². The fourth-order valence-corrected chi connectivity index (χ4v) is 4.37. The van der Waals surface area contributed by atoms with Crippen molar-refractivity contribution in [1.82, 2.24) is 0 Å². The molecule has 5 rings (SSSR count). The number of hydrogen-bond acceptors (Lipinski definition) is 6. The summed E-state index contributed by atoms with van der Waals surface area (Å²) in [6.45, 7) is 0. The number of ether oxygens (including phenoxy) is 2. The standard InChI is InChI=1S/C30H20Cl2N2O4/c1-35-20-10-6-18(7-11-20)27-24(16-33)30(38-29(27)19-8-12-21(36-2)13-9-19)34-17-22-14-15-26(37-22)23-4-3-5-25(31)28(23)32/h3-15,17H,1-2H3. The highest BCUT2D eigenvalue weighted by Gasteiger charge is 2.23. The Morgan fingerprint density at radius 2 is 1.47 bits per heavy atom. The summed E-state index contributed by atoms with van der Waals surface area (Å²) in [5.41, 5.74) is 3.14. The highest BCUT2D eigenvalue weighted by atomic mass is 35.5. The molecule has 0 fully saturated rings. The van der Waals surface area contributed by atoms with E-state index in [1.807, 2.05) is 54.6 Å². The van der Waals surface area contributed by atoms with Gasteiger partial charge in [0, 0.05) is 16.7 Å². The largest absolute Gasteiger partial charge is 0.497 e. The fraction of sp³-hybridized carbons (Fsp3) is 0.0667. The van der Waals surface area contributed by atoms with Crippen LogP contribution in [0.15, 0.2) is 92.7 Å². The lowest BCUT2D eigenvalue weighted by Crippen LogP contribution is -1.86. The molecule has 0 saturated carbocycles. The SMILES string of the molecule is COc1ccc(-c2oc(N=Cc3ccc(-c4cccc(Cl)c4Cl)o3)c(C#N)c2-c2ccc(OC)cc2)cc1. The number of furan rings is 2. The zero-order valence-electron chi connectivity index (χ0n) is 20.4. The summed E-state index contributed by atoms with van der Waals surface area (Å²) >= 11 is 12.5. The Hall–Kier alpha value is -4.44. The second-order valence-corrected chi connectivity index (χ2v) is 8.90. The first-order valence-electron chi connectivity index (χ1n) is 11.5. The first-order valence-corrected chi connectivity index (χ1v) is 12.2. The minimum atomic E-state index is 0.155. The van der Waals surface area contributed by atoms with Crippen LogP contribution in [0.1, 0.15) is 11.3 Å². The Kier molecular flexibility index (Phi) is 7.23. The molecule has 0 N–H and O–H groups in total. The average molecular weight is 543 g/mol. The molecule has 0 aliphatic heterocycles. The molecule has 0 spiro atoms. The van der Waals surface area contributed by atoms with E-state index in [4.69, 9.17) is 41.5 Å². The van der Waals surface area contributed by atoms with E-state index in [-0.39, 0.29) is 5.88 Å². The minimum absolute atomic E-state index is 0.155. The third-order valence-electron chi connectivity index (χ3n) is 5.89. The second kappa shape index (κ2) is 10.9. The molecule has 188 valence electrons. The number of benzene rings is 3. The van der Waals surface area contributed by atoms with Gasteiger partial charge in [-0.15, -0.1) is 0 Å². The number of rotatable bonds is 7. The number of aliphatic imine (C=N–C) groups is 1. The smallest absolute Gasteiger partial charge is 0.238 e. The highest BCUT2D eigenvalue weighted by molar-refractivity contribution is 6.43. The molecule has 0 aliphatic carbocycles. The van der Waals surface area contributed by atoms with E-state index in [0.29, 0.717) is 55.5 Å². The van der Waals surface area contributed by atoms with E-state index in [9.17, 15) is 5.26 Å². The van der Waals surface area contributed by atoms with Gasteiger partial charge in [0.1, 0.15) is 40.4 Å². The van der Waals surface area contributed by atoms with Gasteiger partial charge in [-0.1, -0.05) is 41.4 Å². The molecule has 0 unspecified atom stereocenters. The van der Waals surface area contributed by atoms with E-state index in [2.05, 4.69) is 11.1 Å². The lowest BCUT2D eigenvalue weighted by atomic mass is 9.98. The molecule has 8 heteroatoms. The third kappa shape index (κ3) is 4.90. The summed E-state index contributed by atoms with van der Waals surface area (Å²) in [6, 6.07) is 25.9. The molecular weight excluding hydrogens is 523 g/mol. The molecule has 2 aromatic heterocycles. The van der Waals surface area contributed by atoms with Gasteiger partial charge in [0.25, 0.3) is 0 Å². The monoisotopic (exact) mass is 542 g/mol. The summed E-state index contributed by atoms with van der Waals surface area (Å²) in [6.07, 6.45) is 1.50. The third-order valence-corrected chi connectivity index (χ3v) is 6.70. The Morgan fingerprint density at radius 3 is 2.11 bits per heavy atom. The minimum Gasteiger partial charge on any atom is -0.497 e. The van der Waals surface area contributed by atoms with Gasteiger partial charge >= 0.3 is 0 Å². The number of methoxy groups -OCH3 is 2. The number of nitrogens with zero attached hydrogens (tertiary/aromatic N) is 2. The lowest BCUT2D eigenvalue weighted by Gasteiger charge is -2.06. The van der Waals surface area contributed by atoms with Crippen molar-refractivity contribution >= 4 is 35.3 Å². The molecule has 0 aliphatic rings. The highest BCUT2D eigenvalue weighted by Crippen LogP contribution is 2.43. The van der Waals surface area contributed by atoms with Gasteiger partial charge in [-0.3, -0.25) is 0 Å². The van der Waals surface area contributed by atoms with Crippen LogP contribution in [-0.4, -0.2) is 20.4 Å². The average Bonchev–Trinajstić information content (AvgIpc) is 3.58. The van der Waals surface area contributed by atoms with Crippen LogP contribution in [-0.2, 0) is 0 Å². The van der Waals surface area contributed by atoms with Crippen molar-refractivity contribution in [3.63, 3.8) is 0 Å². The van der Waals surface area contributed by atoms with Crippen molar-refractivity contribution in [2.24, 2.45) is 4.99 Å². The van der Waals surface area contributed by atoms with Gasteiger partial charge in [0.2, 0.25) is 5.88 Å². The van der Waals surface area contributed by atoms with Crippen LogP contribution in [0.25, 0.3) is 33.8 Å². The van der Waals surface area contributed by atoms with Crippen molar-refractivity contribution in [3.8, 4) is 51.3 Å². The number of hydrogen-bond donors (Lipinski definition) is 0. The van der Waals surface area contributed by atoms with Crippen molar-refractivity contribution in [2.45, 2.75) is 0 Å². The van der Waals surface area contributed by atoms with Crippen LogP contribution < -0.4 is 9.47 Å². The Balaban J connectivity index is 1.57. The predicted octanol–water partition coefficient (Wildman–Crippen LogP) is 8.82. The molecule has 0 radical (unpaired) electrons. The van der Waals surface area contributed by atoms with Crippen LogP contribution in [0.5, 0.6) is 11.5 Å². The molecule has 0 atom stereocenters. The van der Waals surface area contributed by atoms with Crippen molar-refractivity contribution in [1.29, 1.82) is 5.26 Å². The summed E-state index contributed by atoms with van der Waals surface area (Å²) in [7, 11) is 3.20. The van der Waals surface area contributed by atoms with Gasteiger partial charge in [-0.05, 0) is 66.2 Å². The predicted molar refractivity (Wildman–Crippen MR) is 149 cm³/mol. The normalized spacial score (nSPS) is 11.0. The van der Waals surface area contributed by atoms with E-state index in [1.165, 1.54) is 6.21 Å². The fourth-order valence-electron chi connectivity index (χ4n) is 3.98. The molecule has 5 aromatic rings. The van der Waals surface area contributed by atoms with Gasteiger partial charge in [-0.25, -0.2) is 4.99 Å². The topological polar surface area (TPSA) is 80.9 Å². The van der Waals surface area contributed by atoms with Gasteiger partial charge in [0.15, 0.2) is 0 Å². The van der Waals surface area contributed by atoms with E-state index in [1.54, 1.807) is 38.5 Å². The van der Waals surface area contributed by atoms with Gasteiger partial charge in [0.05, 0.1) is 30.5 Å². The molecule has 3 aromatic carbocycles. The lowest BCUT2D eigenvalue weighted by molar-refractivity contribution is 0.414. The summed E-state index contributed by atoms with van der Waals surface area (Å²) in [5, 5.41) is 11.0. The first kappa shape index (κ1) is 25.2. The van der Waals surface area contributed by atoms with Crippen LogP contribution in [0, 0.1) is 11.3 Å². The van der Waals surface area contributed by atoms with Crippen LogP contribution in [0.2, 0.25) is 10.0 Å². The molecule has 0 saturated heterocycles. The Morgan fingerprint density at radius 1 is 0.816 bits per heavy atom. The maximum absolute atomic E-state index is 10.1. The number of halogens is 2. The second-order valence-electron chi connectivity index (χ2n) is 8.12. The molecule has 2 heterocycles. The zero-order chi connectivity index (χ0) is 26.6. The Bertz CT molecular complexity index is 1660. The maximum Gasteiger partial charge on any atom is 0.238 e. The van der Waals surface area contributed by atoms with Crippen molar-refractivity contribution in [3.05, 3.63) is 100 Å². The van der Waals surface area contributed by atoms with Crippen LogP contribution in [0.4, 0.5) is 5.88 Å². The van der Waals surface area contributed by atoms with Gasteiger partial charge < -0.3 is 18.3 Å². The van der Waals surface area contributed by atoms with Crippen molar-refractivity contribution < 1.29 is 18.3 Å². The maximum atomic E-state index is 10.1. The van der Waals surface area contributed by atoms with Gasteiger partial charge in [-0.2, -0.15) is 5.26 Å². The van der Waals surface area contributed by atoms with Crippen molar-refractivity contribution in [2.75, 3.05) is 14.2 Å². The summed E-state index contributed by atoms with van der Waals surface area (Å²) in [5.74, 6) is 3.06. The van der Waals surface area contributed by atoms with E-state index in [0.717, 1.165) is 11.1 Å². The van der Waals surface area contributed by atoms with Crippen LogP contribution >= 0.6 is 23.2 Å². The summed E-state index contributed by atoms with van der Waals surface area (Å²) in [4.78, 5) is 4.48. The molecule has 0 amide bonds.